The zero-order valence-electron chi connectivity index (χ0n) is 5.57. The minimum absolute atomic E-state index is 0.657. The van der Waals surface area contributed by atoms with Crippen LogP contribution in [-0.4, -0.2) is 4.98 Å². The molecule has 0 aliphatic heterocycles. The Morgan fingerprint density at radius 1 is 1.18 bits per heavy atom. The molecule has 0 atom stereocenters. The second-order valence-electron chi connectivity index (χ2n) is 2.33. The van der Waals surface area contributed by atoms with Gasteiger partial charge in [0.25, 0.3) is 0 Å². The number of aromatic amines is 1. The lowest BCUT2D eigenvalue weighted by Crippen LogP contribution is -1.69. The summed E-state index contributed by atoms with van der Waals surface area (Å²) in [5.41, 5.74) is 0.975. The van der Waals surface area contributed by atoms with Gasteiger partial charge in [-0.1, -0.05) is 23.2 Å². The van der Waals surface area contributed by atoms with Crippen LogP contribution in [0.25, 0.3) is 10.9 Å². The number of hydrogen-bond acceptors (Lipinski definition) is 0. The lowest BCUT2D eigenvalue weighted by Gasteiger charge is -1.94. The lowest BCUT2D eigenvalue weighted by molar-refractivity contribution is 1.48. The fourth-order valence-corrected chi connectivity index (χ4v) is 1.64. The van der Waals surface area contributed by atoms with Crippen molar-refractivity contribution in [2.45, 2.75) is 0 Å². The smallest absolute Gasteiger partial charge is 0.0514 e. The van der Waals surface area contributed by atoms with Gasteiger partial charge in [-0.05, 0) is 18.2 Å². The highest BCUT2D eigenvalue weighted by Crippen LogP contribution is 2.26. The van der Waals surface area contributed by atoms with Gasteiger partial charge in [-0.3, -0.25) is 0 Å². The number of halogens is 2. The number of nitrogens with one attached hydrogen (secondary N) is 1. The summed E-state index contributed by atoms with van der Waals surface area (Å²) in [6.45, 7) is 0. The molecule has 1 heterocycles. The van der Waals surface area contributed by atoms with E-state index in [-0.39, 0.29) is 0 Å². The highest BCUT2D eigenvalue weighted by Gasteiger charge is 2.00. The van der Waals surface area contributed by atoms with Gasteiger partial charge in [0, 0.05) is 22.1 Å². The summed E-state index contributed by atoms with van der Waals surface area (Å²) in [6.07, 6.45) is 1.84. The monoisotopic (exact) mass is 185 g/mol. The number of hydrogen-bond donors (Lipinski definition) is 1. The summed E-state index contributed by atoms with van der Waals surface area (Å²) < 4.78 is 0. The Labute approximate surface area is 73.9 Å². The number of fused-ring (bicyclic) bond motifs is 1. The van der Waals surface area contributed by atoms with Crippen LogP contribution in [0.1, 0.15) is 0 Å². The van der Waals surface area contributed by atoms with E-state index >= 15 is 0 Å². The van der Waals surface area contributed by atoms with Gasteiger partial charge < -0.3 is 4.98 Å². The van der Waals surface area contributed by atoms with Crippen LogP contribution < -0.4 is 0 Å². The highest BCUT2D eigenvalue weighted by molar-refractivity contribution is 6.38. The third kappa shape index (κ3) is 1.10. The van der Waals surface area contributed by atoms with E-state index in [2.05, 4.69) is 4.98 Å². The Balaban J connectivity index is 2.91. The third-order valence-corrected chi connectivity index (χ3v) is 2.11. The van der Waals surface area contributed by atoms with Gasteiger partial charge in [-0.2, -0.15) is 0 Å². The molecule has 3 heteroatoms. The molecular weight excluding hydrogens is 181 g/mol. The van der Waals surface area contributed by atoms with Gasteiger partial charge in [0.05, 0.1) is 5.02 Å². The van der Waals surface area contributed by atoms with Gasteiger partial charge in [-0.25, -0.2) is 0 Å². The second kappa shape index (κ2) is 2.43. The van der Waals surface area contributed by atoms with E-state index in [4.69, 9.17) is 23.2 Å². The summed E-state index contributed by atoms with van der Waals surface area (Å²) in [5, 5.41) is 2.36. The van der Waals surface area contributed by atoms with Crippen LogP contribution in [-0.2, 0) is 0 Å². The van der Waals surface area contributed by atoms with Gasteiger partial charge >= 0.3 is 0 Å². The molecule has 56 valence electrons. The molecular formula is C8H5Cl2N. The molecule has 0 aliphatic rings. The first-order valence-corrected chi connectivity index (χ1v) is 3.95. The largest absolute Gasteiger partial charge is 0.361 e. The Hall–Kier alpha value is -0.660. The lowest BCUT2D eigenvalue weighted by atomic mass is 10.2. The molecule has 0 saturated carbocycles. The minimum atomic E-state index is 0.657. The molecule has 1 aromatic heterocycles. The van der Waals surface area contributed by atoms with Crippen molar-refractivity contribution in [3.8, 4) is 0 Å². The number of rotatable bonds is 0. The minimum Gasteiger partial charge on any atom is -0.361 e. The van der Waals surface area contributed by atoms with Crippen LogP contribution >= 0.6 is 23.2 Å². The Morgan fingerprint density at radius 2 is 2.00 bits per heavy atom. The third-order valence-electron chi connectivity index (χ3n) is 1.58. The molecule has 0 spiro atoms. The van der Waals surface area contributed by atoms with Crippen molar-refractivity contribution in [3.05, 3.63) is 34.4 Å². The molecule has 0 unspecified atom stereocenters. The highest BCUT2D eigenvalue weighted by atomic mass is 35.5. The predicted octanol–water partition coefficient (Wildman–Crippen LogP) is 3.47. The molecule has 0 bridgehead atoms. The zero-order valence-corrected chi connectivity index (χ0v) is 7.08. The van der Waals surface area contributed by atoms with E-state index in [9.17, 15) is 0 Å². The van der Waals surface area contributed by atoms with E-state index in [0.717, 1.165) is 10.9 Å². The average molecular weight is 186 g/mol. The van der Waals surface area contributed by atoms with Crippen LogP contribution in [0.15, 0.2) is 24.4 Å². The van der Waals surface area contributed by atoms with Crippen molar-refractivity contribution < 1.29 is 0 Å². The fourth-order valence-electron chi connectivity index (χ4n) is 1.09. The summed E-state index contributed by atoms with van der Waals surface area (Å²) in [5.74, 6) is 0. The van der Waals surface area contributed by atoms with E-state index < -0.39 is 0 Å². The standard InChI is InChI=1S/C8H5Cl2N/c9-5-3-7(10)6-1-2-11-8(6)4-5/h1-4,11H. The summed E-state index contributed by atoms with van der Waals surface area (Å²) in [7, 11) is 0. The maximum Gasteiger partial charge on any atom is 0.0514 e. The van der Waals surface area contributed by atoms with E-state index in [0.29, 0.717) is 10.0 Å². The topological polar surface area (TPSA) is 15.8 Å². The van der Waals surface area contributed by atoms with E-state index in [1.807, 2.05) is 18.3 Å². The van der Waals surface area contributed by atoms with E-state index in [1.165, 1.54) is 0 Å². The first-order chi connectivity index (χ1) is 5.27. The van der Waals surface area contributed by atoms with Gasteiger partial charge in [0.1, 0.15) is 0 Å². The zero-order chi connectivity index (χ0) is 7.84. The fraction of sp³-hybridized carbons (Fsp3) is 0. The molecule has 0 fully saturated rings. The molecule has 1 aromatic carbocycles. The molecule has 0 saturated heterocycles. The molecule has 11 heavy (non-hydrogen) atoms. The van der Waals surface area contributed by atoms with Crippen LogP contribution in [0, 0.1) is 0 Å². The number of aromatic nitrogens is 1. The summed E-state index contributed by atoms with van der Waals surface area (Å²) in [6, 6.07) is 5.51. The first kappa shape index (κ1) is 7.01. The molecule has 1 nitrogen and oxygen atoms in total. The Morgan fingerprint density at radius 3 is 2.82 bits per heavy atom. The van der Waals surface area contributed by atoms with Crippen LogP contribution in [0.5, 0.6) is 0 Å². The number of benzene rings is 1. The van der Waals surface area contributed by atoms with Gasteiger partial charge in [0.2, 0.25) is 0 Å². The normalized spacial score (nSPS) is 10.7. The maximum absolute atomic E-state index is 5.90. The van der Waals surface area contributed by atoms with Crippen molar-refractivity contribution in [2.75, 3.05) is 0 Å². The summed E-state index contributed by atoms with van der Waals surface area (Å²) in [4.78, 5) is 3.03. The maximum atomic E-state index is 5.90. The molecule has 2 rings (SSSR count). The van der Waals surface area contributed by atoms with Crippen LogP contribution in [0.4, 0.5) is 0 Å². The molecule has 0 amide bonds. The van der Waals surface area contributed by atoms with Gasteiger partial charge in [0.15, 0.2) is 0 Å². The molecule has 0 aliphatic carbocycles. The van der Waals surface area contributed by atoms with Crippen molar-refractivity contribution in [2.24, 2.45) is 0 Å². The Kier molecular flexibility index (Phi) is 1.55. The first-order valence-electron chi connectivity index (χ1n) is 3.19. The van der Waals surface area contributed by atoms with Crippen LogP contribution in [0.3, 0.4) is 0 Å². The van der Waals surface area contributed by atoms with Crippen molar-refractivity contribution in [1.82, 2.24) is 4.98 Å². The second-order valence-corrected chi connectivity index (χ2v) is 3.17. The Bertz CT molecular complexity index is 392. The van der Waals surface area contributed by atoms with Crippen LogP contribution in [0.2, 0.25) is 10.0 Å². The van der Waals surface area contributed by atoms with Gasteiger partial charge in [-0.15, -0.1) is 0 Å². The van der Waals surface area contributed by atoms with Crippen molar-refractivity contribution in [3.63, 3.8) is 0 Å². The molecule has 1 N–H and O–H groups in total. The quantitative estimate of drug-likeness (QED) is 0.648. The number of H-pyrrole nitrogens is 1. The summed E-state index contributed by atoms with van der Waals surface area (Å²) >= 11 is 11.7. The van der Waals surface area contributed by atoms with E-state index in [1.54, 1.807) is 6.07 Å². The molecule has 2 aromatic rings. The van der Waals surface area contributed by atoms with Crippen molar-refractivity contribution in [1.29, 1.82) is 0 Å². The predicted molar refractivity (Wildman–Crippen MR) is 48.3 cm³/mol. The SMILES string of the molecule is Clc1cc(Cl)c2cc[nH]c2c1. The van der Waals surface area contributed by atoms with Crippen molar-refractivity contribution >= 4 is 34.1 Å². The average Bonchev–Trinajstić information content (AvgIpc) is 2.34. The molecule has 0 radical (unpaired) electrons.